The number of halogens is 1. The first-order valence-electron chi connectivity index (χ1n) is 6.14. The lowest BCUT2D eigenvalue weighted by Crippen LogP contribution is -2.35. The summed E-state index contributed by atoms with van der Waals surface area (Å²) in [6.45, 7) is 5.26. The number of nitrogens with one attached hydrogen (secondary N) is 1. The highest BCUT2D eigenvalue weighted by Gasteiger charge is 2.22. The Morgan fingerprint density at radius 1 is 1.30 bits per heavy atom. The van der Waals surface area contributed by atoms with Crippen LogP contribution in [0.4, 0.5) is 4.79 Å². The van der Waals surface area contributed by atoms with Crippen molar-refractivity contribution in [2.75, 3.05) is 0 Å². The van der Waals surface area contributed by atoms with Gasteiger partial charge in [-0.2, -0.15) is 0 Å². The largest absolute Gasteiger partial charge is 0.481 e. The fourth-order valence-corrected chi connectivity index (χ4v) is 1.93. The van der Waals surface area contributed by atoms with Gasteiger partial charge in [-0.1, -0.05) is 12.1 Å². The molecule has 0 aliphatic carbocycles. The monoisotopic (exact) mass is 391 g/mol. The summed E-state index contributed by atoms with van der Waals surface area (Å²) in [5, 5.41) is 11.5. The minimum absolute atomic E-state index is 0.195. The molecule has 0 fully saturated rings. The van der Waals surface area contributed by atoms with Crippen LogP contribution in [0.3, 0.4) is 0 Å². The molecule has 0 unspecified atom stereocenters. The third-order valence-electron chi connectivity index (χ3n) is 2.34. The van der Waals surface area contributed by atoms with Crippen LogP contribution in [0.1, 0.15) is 38.8 Å². The molecule has 0 saturated heterocycles. The van der Waals surface area contributed by atoms with Crippen LogP contribution in [-0.2, 0) is 9.53 Å². The summed E-state index contributed by atoms with van der Waals surface area (Å²) in [6.07, 6.45) is -0.817. The molecule has 2 N–H and O–H groups in total. The van der Waals surface area contributed by atoms with E-state index in [0.29, 0.717) is 0 Å². The number of carboxylic acids is 1. The van der Waals surface area contributed by atoms with Gasteiger partial charge in [0.1, 0.15) is 5.60 Å². The lowest BCUT2D eigenvalue weighted by molar-refractivity contribution is -0.137. The van der Waals surface area contributed by atoms with Crippen LogP contribution >= 0.6 is 22.6 Å². The van der Waals surface area contributed by atoms with Gasteiger partial charge in [-0.05, 0) is 61.1 Å². The van der Waals surface area contributed by atoms with E-state index in [4.69, 9.17) is 9.84 Å². The molecule has 0 aliphatic rings. The molecule has 0 saturated carbocycles. The van der Waals surface area contributed by atoms with E-state index in [9.17, 15) is 9.59 Å². The van der Waals surface area contributed by atoms with Crippen molar-refractivity contribution in [3.63, 3.8) is 0 Å². The Morgan fingerprint density at radius 2 is 1.85 bits per heavy atom. The zero-order valence-electron chi connectivity index (χ0n) is 11.6. The molecule has 0 heterocycles. The number of carboxylic acid groups (broad SMARTS) is 1. The number of amides is 1. The van der Waals surface area contributed by atoms with E-state index in [0.717, 1.165) is 9.13 Å². The highest BCUT2D eigenvalue weighted by atomic mass is 127. The molecule has 1 aromatic rings. The van der Waals surface area contributed by atoms with E-state index in [1.807, 2.05) is 12.1 Å². The van der Waals surface area contributed by atoms with Crippen molar-refractivity contribution in [3.8, 4) is 0 Å². The van der Waals surface area contributed by atoms with E-state index in [1.165, 1.54) is 0 Å². The third-order valence-corrected chi connectivity index (χ3v) is 3.06. The van der Waals surface area contributed by atoms with Crippen molar-refractivity contribution in [3.05, 3.63) is 33.4 Å². The lowest BCUT2D eigenvalue weighted by Gasteiger charge is -2.23. The Balaban J connectivity index is 2.82. The van der Waals surface area contributed by atoms with E-state index >= 15 is 0 Å². The molecule has 1 atom stereocenters. The number of hydrogen-bond acceptors (Lipinski definition) is 3. The number of hydrogen-bond donors (Lipinski definition) is 2. The van der Waals surface area contributed by atoms with Crippen LogP contribution in [0.25, 0.3) is 0 Å². The summed E-state index contributed by atoms with van der Waals surface area (Å²) in [4.78, 5) is 22.7. The van der Waals surface area contributed by atoms with Gasteiger partial charge in [0.05, 0.1) is 12.5 Å². The van der Waals surface area contributed by atoms with Gasteiger partial charge in [0, 0.05) is 3.57 Å². The maximum absolute atomic E-state index is 11.8. The van der Waals surface area contributed by atoms with Gasteiger partial charge in [-0.3, -0.25) is 4.79 Å². The first-order chi connectivity index (χ1) is 9.17. The number of carbonyl (C=O) groups excluding carboxylic acids is 1. The second-order valence-corrected chi connectivity index (χ2v) is 6.59. The molecule has 0 bridgehead atoms. The van der Waals surface area contributed by atoms with E-state index in [2.05, 4.69) is 27.9 Å². The van der Waals surface area contributed by atoms with Crippen LogP contribution in [0.15, 0.2) is 24.3 Å². The minimum atomic E-state index is -0.982. The Bertz CT molecular complexity index is 479. The van der Waals surface area contributed by atoms with Crippen LogP contribution in [-0.4, -0.2) is 22.8 Å². The Morgan fingerprint density at radius 3 is 2.30 bits per heavy atom. The lowest BCUT2D eigenvalue weighted by atomic mass is 10.0. The Hall–Kier alpha value is -1.31. The molecule has 0 spiro atoms. The van der Waals surface area contributed by atoms with Crippen molar-refractivity contribution in [1.82, 2.24) is 5.32 Å². The number of alkyl carbamates (subject to hydrolysis) is 1. The van der Waals surface area contributed by atoms with E-state index < -0.39 is 23.7 Å². The van der Waals surface area contributed by atoms with Crippen molar-refractivity contribution in [1.29, 1.82) is 0 Å². The Kier molecular flexibility index (Phi) is 5.79. The van der Waals surface area contributed by atoms with Crippen LogP contribution in [0, 0.1) is 3.57 Å². The van der Waals surface area contributed by atoms with Crippen molar-refractivity contribution in [2.45, 2.75) is 38.8 Å². The molecule has 6 heteroatoms. The summed E-state index contributed by atoms with van der Waals surface area (Å²) in [5.74, 6) is -0.982. The quantitative estimate of drug-likeness (QED) is 0.773. The zero-order chi connectivity index (χ0) is 15.3. The van der Waals surface area contributed by atoms with Crippen LogP contribution in [0.5, 0.6) is 0 Å². The van der Waals surface area contributed by atoms with Crippen molar-refractivity contribution in [2.24, 2.45) is 0 Å². The van der Waals surface area contributed by atoms with Gasteiger partial charge in [-0.25, -0.2) is 4.79 Å². The predicted molar refractivity (Wildman–Crippen MR) is 83.5 cm³/mol. The highest BCUT2D eigenvalue weighted by Crippen LogP contribution is 2.19. The summed E-state index contributed by atoms with van der Waals surface area (Å²) < 4.78 is 6.19. The molecule has 1 amide bonds. The smallest absolute Gasteiger partial charge is 0.408 e. The summed E-state index contributed by atoms with van der Waals surface area (Å²) >= 11 is 2.16. The average Bonchev–Trinajstić information content (AvgIpc) is 2.25. The standard InChI is InChI=1S/C14H18INO4/c1-14(2,3)20-13(19)16-11(8-12(17)18)9-4-6-10(15)7-5-9/h4-7,11H,8H2,1-3H3,(H,16,19)(H,17,18)/t11-/m0/s1. The van der Waals surface area contributed by atoms with Crippen LogP contribution in [0.2, 0.25) is 0 Å². The summed E-state index contributed by atoms with van der Waals surface area (Å²) in [7, 11) is 0. The zero-order valence-corrected chi connectivity index (χ0v) is 13.8. The van der Waals surface area contributed by atoms with Crippen molar-refractivity contribution >= 4 is 34.7 Å². The minimum Gasteiger partial charge on any atom is -0.481 e. The number of carbonyl (C=O) groups is 2. The second kappa shape index (κ2) is 6.92. The number of ether oxygens (including phenoxy) is 1. The van der Waals surface area contributed by atoms with E-state index in [-0.39, 0.29) is 6.42 Å². The highest BCUT2D eigenvalue weighted by molar-refractivity contribution is 14.1. The molecule has 0 aromatic heterocycles. The topological polar surface area (TPSA) is 75.6 Å². The first kappa shape index (κ1) is 16.7. The number of aliphatic carboxylic acids is 1. The maximum Gasteiger partial charge on any atom is 0.408 e. The van der Waals surface area contributed by atoms with Gasteiger partial charge in [0.2, 0.25) is 0 Å². The fraction of sp³-hybridized carbons (Fsp3) is 0.429. The second-order valence-electron chi connectivity index (χ2n) is 5.35. The predicted octanol–water partition coefficient (Wildman–Crippen LogP) is 3.33. The SMILES string of the molecule is CC(C)(C)OC(=O)N[C@@H](CC(=O)O)c1ccc(I)cc1. The van der Waals surface area contributed by atoms with Gasteiger partial charge < -0.3 is 15.2 Å². The number of benzene rings is 1. The van der Waals surface area contributed by atoms with Gasteiger partial charge in [-0.15, -0.1) is 0 Å². The van der Waals surface area contributed by atoms with Gasteiger partial charge in [0.25, 0.3) is 0 Å². The molecule has 1 aromatic carbocycles. The molecule has 0 radical (unpaired) electrons. The van der Waals surface area contributed by atoms with Crippen molar-refractivity contribution < 1.29 is 19.4 Å². The maximum atomic E-state index is 11.8. The number of rotatable bonds is 4. The van der Waals surface area contributed by atoms with E-state index in [1.54, 1.807) is 32.9 Å². The normalized spacial score (nSPS) is 12.6. The molecular formula is C14H18INO4. The molecule has 20 heavy (non-hydrogen) atoms. The summed E-state index contributed by atoms with van der Waals surface area (Å²) in [6, 6.07) is 6.71. The first-order valence-corrected chi connectivity index (χ1v) is 7.22. The molecular weight excluding hydrogens is 373 g/mol. The Labute approximate surface area is 131 Å². The third kappa shape index (κ3) is 6.23. The van der Waals surface area contributed by atoms with Gasteiger partial charge >= 0.3 is 12.1 Å². The molecule has 1 rings (SSSR count). The molecule has 5 nitrogen and oxygen atoms in total. The fourth-order valence-electron chi connectivity index (χ4n) is 1.57. The average molecular weight is 391 g/mol. The van der Waals surface area contributed by atoms with Crippen LogP contribution < -0.4 is 5.32 Å². The molecule has 0 aliphatic heterocycles. The summed E-state index contributed by atoms with van der Waals surface area (Å²) in [5.41, 5.74) is 0.114. The molecule has 110 valence electrons. The van der Waals surface area contributed by atoms with Gasteiger partial charge in [0.15, 0.2) is 0 Å².